The second-order valence-electron chi connectivity index (χ2n) is 4.75. The predicted octanol–water partition coefficient (Wildman–Crippen LogP) is 4.37. The second kappa shape index (κ2) is 6.81. The maximum absolute atomic E-state index is 12.3. The van der Waals surface area contributed by atoms with Crippen molar-refractivity contribution in [1.82, 2.24) is 0 Å². The molecule has 0 aliphatic heterocycles. The third kappa shape index (κ3) is 3.61. The fourth-order valence-corrected chi connectivity index (χ4v) is 2.43. The van der Waals surface area contributed by atoms with E-state index in [1.807, 2.05) is 0 Å². The van der Waals surface area contributed by atoms with Crippen molar-refractivity contribution >= 4 is 46.2 Å². The first-order valence-electron chi connectivity index (χ1n) is 6.40. The van der Waals surface area contributed by atoms with Gasteiger partial charge >= 0.3 is 0 Å². The van der Waals surface area contributed by atoms with E-state index in [1.165, 1.54) is 18.2 Å². The van der Waals surface area contributed by atoms with E-state index in [1.54, 1.807) is 6.92 Å². The van der Waals surface area contributed by atoms with Crippen molar-refractivity contribution < 1.29 is 14.6 Å². The zero-order valence-electron chi connectivity index (χ0n) is 12.1. The summed E-state index contributed by atoms with van der Waals surface area (Å²) >= 11 is 11.7. The number of nitro groups is 2. The van der Waals surface area contributed by atoms with Crippen LogP contribution < -0.4 is 5.32 Å². The highest BCUT2D eigenvalue weighted by Gasteiger charge is 2.19. The molecular weight excluding hydrogens is 361 g/mol. The second-order valence-corrected chi connectivity index (χ2v) is 5.57. The molecule has 10 heteroatoms. The average molecular weight is 370 g/mol. The number of carbonyl (C=O) groups is 1. The maximum atomic E-state index is 12.3. The van der Waals surface area contributed by atoms with Gasteiger partial charge in [-0.05, 0) is 24.6 Å². The summed E-state index contributed by atoms with van der Waals surface area (Å²) in [5, 5.41) is 23.8. The Morgan fingerprint density at radius 2 is 1.71 bits per heavy atom. The lowest BCUT2D eigenvalue weighted by molar-refractivity contribution is -0.385. The van der Waals surface area contributed by atoms with Crippen LogP contribution in [0.1, 0.15) is 15.9 Å². The molecule has 2 aromatic carbocycles. The van der Waals surface area contributed by atoms with E-state index in [9.17, 15) is 25.0 Å². The van der Waals surface area contributed by atoms with Gasteiger partial charge in [-0.3, -0.25) is 25.0 Å². The molecule has 124 valence electrons. The van der Waals surface area contributed by atoms with Crippen molar-refractivity contribution in [2.75, 3.05) is 5.32 Å². The van der Waals surface area contributed by atoms with Crippen LogP contribution in [0.4, 0.5) is 17.1 Å². The molecule has 0 atom stereocenters. The summed E-state index contributed by atoms with van der Waals surface area (Å²) in [6.45, 7) is 1.57. The summed E-state index contributed by atoms with van der Waals surface area (Å²) in [7, 11) is 0. The molecule has 2 aromatic rings. The van der Waals surface area contributed by atoms with Crippen molar-refractivity contribution in [2.45, 2.75) is 6.92 Å². The minimum Gasteiger partial charge on any atom is -0.322 e. The van der Waals surface area contributed by atoms with E-state index in [-0.39, 0.29) is 32.7 Å². The van der Waals surface area contributed by atoms with Crippen molar-refractivity contribution in [3.63, 3.8) is 0 Å². The molecular formula is C14H9Cl2N3O5. The Labute approximate surface area is 145 Å². The zero-order valence-corrected chi connectivity index (χ0v) is 13.6. The summed E-state index contributed by atoms with van der Waals surface area (Å²) in [6.07, 6.45) is 0. The SMILES string of the molecule is Cc1cc([N+](=O)[O-])c(Cl)cc1NC(=O)c1ccc([N+](=O)[O-])cc1Cl. The van der Waals surface area contributed by atoms with Gasteiger partial charge < -0.3 is 5.32 Å². The minimum atomic E-state index is -0.631. The molecule has 0 saturated heterocycles. The Bertz CT molecular complexity index is 870. The molecule has 1 amide bonds. The van der Waals surface area contributed by atoms with E-state index in [0.29, 0.717) is 5.56 Å². The Balaban J connectivity index is 2.32. The minimum absolute atomic E-state index is 0.0242. The van der Waals surface area contributed by atoms with Gasteiger partial charge in [-0.25, -0.2) is 0 Å². The number of nitrogens with zero attached hydrogens (tertiary/aromatic N) is 2. The smallest absolute Gasteiger partial charge is 0.288 e. The number of anilines is 1. The van der Waals surface area contributed by atoms with Gasteiger partial charge in [-0.15, -0.1) is 0 Å². The molecule has 0 heterocycles. The van der Waals surface area contributed by atoms with Crippen molar-refractivity contribution in [2.24, 2.45) is 0 Å². The molecule has 0 aliphatic rings. The largest absolute Gasteiger partial charge is 0.322 e. The quantitative estimate of drug-likeness (QED) is 0.634. The molecule has 0 bridgehead atoms. The molecule has 0 unspecified atom stereocenters. The van der Waals surface area contributed by atoms with Crippen LogP contribution in [-0.4, -0.2) is 15.8 Å². The fraction of sp³-hybridized carbons (Fsp3) is 0.0714. The number of hydrogen-bond donors (Lipinski definition) is 1. The molecule has 8 nitrogen and oxygen atoms in total. The van der Waals surface area contributed by atoms with Gasteiger partial charge in [0.25, 0.3) is 17.3 Å². The van der Waals surface area contributed by atoms with Crippen LogP contribution in [0, 0.1) is 27.2 Å². The first-order valence-corrected chi connectivity index (χ1v) is 7.16. The van der Waals surface area contributed by atoms with Crippen LogP contribution in [0.3, 0.4) is 0 Å². The zero-order chi connectivity index (χ0) is 18.0. The van der Waals surface area contributed by atoms with Gasteiger partial charge in [-0.1, -0.05) is 23.2 Å². The number of carbonyl (C=O) groups excluding carboxylic acids is 1. The van der Waals surface area contributed by atoms with Gasteiger partial charge in [0, 0.05) is 23.9 Å². The van der Waals surface area contributed by atoms with Crippen molar-refractivity contribution in [1.29, 1.82) is 0 Å². The van der Waals surface area contributed by atoms with Crippen LogP contribution in [0.2, 0.25) is 10.0 Å². The Hall–Kier alpha value is -2.71. The summed E-state index contributed by atoms with van der Waals surface area (Å²) in [5.74, 6) is -0.622. The lowest BCUT2D eigenvalue weighted by Crippen LogP contribution is -2.13. The van der Waals surface area contributed by atoms with Gasteiger partial charge in [0.1, 0.15) is 5.02 Å². The van der Waals surface area contributed by atoms with Crippen molar-refractivity contribution in [3.8, 4) is 0 Å². The Morgan fingerprint density at radius 1 is 1.04 bits per heavy atom. The maximum Gasteiger partial charge on any atom is 0.288 e. The normalized spacial score (nSPS) is 10.3. The first-order chi connectivity index (χ1) is 11.2. The Kier molecular flexibility index (Phi) is 5.01. The number of non-ortho nitro benzene ring substituents is 1. The number of benzene rings is 2. The number of hydrogen-bond acceptors (Lipinski definition) is 5. The van der Waals surface area contributed by atoms with Crippen molar-refractivity contribution in [3.05, 3.63) is 71.7 Å². The molecule has 24 heavy (non-hydrogen) atoms. The molecule has 0 fully saturated rings. The predicted molar refractivity (Wildman–Crippen MR) is 88.9 cm³/mol. The first kappa shape index (κ1) is 17.6. The number of aryl methyl sites for hydroxylation is 1. The molecule has 1 N–H and O–H groups in total. The van der Waals surface area contributed by atoms with Crippen LogP contribution in [0.5, 0.6) is 0 Å². The number of halogens is 2. The summed E-state index contributed by atoms with van der Waals surface area (Å²) < 4.78 is 0. The van der Waals surface area contributed by atoms with E-state index in [0.717, 1.165) is 12.1 Å². The lowest BCUT2D eigenvalue weighted by atomic mass is 10.1. The molecule has 0 spiro atoms. The molecule has 0 aromatic heterocycles. The van der Waals surface area contributed by atoms with E-state index >= 15 is 0 Å². The average Bonchev–Trinajstić information content (AvgIpc) is 2.49. The number of amides is 1. The standard InChI is InChI=1S/C14H9Cl2N3O5/c1-7-4-13(19(23)24)11(16)6-12(7)17-14(20)9-3-2-8(18(21)22)5-10(9)15/h2-6H,1H3,(H,17,20). The monoisotopic (exact) mass is 369 g/mol. The number of rotatable bonds is 4. The molecule has 0 aliphatic carbocycles. The highest BCUT2D eigenvalue weighted by molar-refractivity contribution is 6.35. The lowest BCUT2D eigenvalue weighted by Gasteiger charge is -2.10. The van der Waals surface area contributed by atoms with Gasteiger partial charge in [0.2, 0.25) is 0 Å². The molecule has 2 rings (SSSR count). The molecule has 0 radical (unpaired) electrons. The topological polar surface area (TPSA) is 115 Å². The summed E-state index contributed by atoms with van der Waals surface area (Å²) in [5.41, 5.74) is 0.199. The third-order valence-corrected chi connectivity index (χ3v) is 3.76. The van der Waals surface area contributed by atoms with E-state index < -0.39 is 15.8 Å². The fourth-order valence-electron chi connectivity index (χ4n) is 1.93. The van der Waals surface area contributed by atoms with Crippen LogP contribution in [0.15, 0.2) is 30.3 Å². The number of nitro benzene ring substituents is 2. The van der Waals surface area contributed by atoms with E-state index in [2.05, 4.69) is 5.32 Å². The van der Waals surface area contributed by atoms with Gasteiger partial charge in [-0.2, -0.15) is 0 Å². The Morgan fingerprint density at radius 3 is 2.25 bits per heavy atom. The van der Waals surface area contributed by atoms with E-state index in [4.69, 9.17) is 23.2 Å². The van der Waals surface area contributed by atoms with Gasteiger partial charge in [0.15, 0.2) is 0 Å². The summed E-state index contributed by atoms with van der Waals surface area (Å²) in [6, 6.07) is 5.92. The highest BCUT2D eigenvalue weighted by Crippen LogP contribution is 2.31. The van der Waals surface area contributed by atoms with Crippen LogP contribution in [-0.2, 0) is 0 Å². The molecule has 0 saturated carbocycles. The highest BCUT2D eigenvalue weighted by atomic mass is 35.5. The van der Waals surface area contributed by atoms with Crippen LogP contribution >= 0.6 is 23.2 Å². The summed E-state index contributed by atoms with van der Waals surface area (Å²) in [4.78, 5) is 32.5. The third-order valence-electron chi connectivity index (χ3n) is 3.15. The number of nitrogens with one attached hydrogen (secondary N) is 1. The van der Waals surface area contributed by atoms with Gasteiger partial charge in [0.05, 0.1) is 20.4 Å². The van der Waals surface area contributed by atoms with Crippen LogP contribution in [0.25, 0.3) is 0 Å².